The third kappa shape index (κ3) is 8.27. The van der Waals surface area contributed by atoms with Crippen LogP contribution in [0.3, 0.4) is 0 Å². The molecule has 51 heavy (non-hydrogen) atoms. The van der Waals surface area contributed by atoms with Gasteiger partial charge in [-0.3, -0.25) is 5.84 Å². The van der Waals surface area contributed by atoms with Crippen LogP contribution in [0.15, 0.2) is 192 Å². The second kappa shape index (κ2) is 16.4. The van der Waals surface area contributed by atoms with Gasteiger partial charge in [0.05, 0.1) is 0 Å². The smallest absolute Gasteiger partial charge is 0.139 e. The number of nitrogens with two attached hydrogens (primary N) is 1. The van der Waals surface area contributed by atoms with Crippen molar-refractivity contribution < 1.29 is 4.42 Å². The summed E-state index contributed by atoms with van der Waals surface area (Å²) in [7, 11) is 0. The van der Waals surface area contributed by atoms with Crippen LogP contribution in [0.4, 0.5) is 5.69 Å². The molecular formula is C47H41N3O. The van der Waals surface area contributed by atoms with Crippen LogP contribution in [0.2, 0.25) is 0 Å². The lowest BCUT2D eigenvalue weighted by molar-refractivity contribution is 0.664. The number of benzene rings is 7. The standard InChI is InChI=1S/C41H33NO.C6H8N2/c1-4-13-30(14-5-1)28-38-35(24-25-37-36-21-10-11-22-40(36)43-41(37)38)34-20-12-17-31(27-34)23-26-39(33-18-8-3-9-19-33)42-29-32-15-6-2-7-16-32;7-8-6-4-2-1-3-5-6/h1-22,24-27,42H,23,28-29H2;1-5,8H,7H2/b39-26-;. The van der Waals surface area contributed by atoms with E-state index >= 15 is 0 Å². The van der Waals surface area contributed by atoms with Gasteiger partial charge in [0.1, 0.15) is 11.2 Å². The van der Waals surface area contributed by atoms with Crippen LogP contribution < -0.4 is 16.6 Å². The molecule has 4 heteroatoms. The van der Waals surface area contributed by atoms with Gasteiger partial charge in [0, 0.05) is 40.7 Å². The van der Waals surface area contributed by atoms with E-state index < -0.39 is 0 Å². The second-order valence-electron chi connectivity index (χ2n) is 12.5. The molecule has 0 bridgehead atoms. The van der Waals surface area contributed by atoms with Gasteiger partial charge in [0.15, 0.2) is 0 Å². The molecule has 1 aromatic heterocycles. The fourth-order valence-corrected chi connectivity index (χ4v) is 6.41. The number of allylic oxidation sites excluding steroid dienone is 1. The highest BCUT2D eigenvalue weighted by Gasteiger charge is 2.16. The summed E-state index contributed by atoms with van der Waals surface area (Å²) in [6.07, 6.45) is 3.94. The van der Waals surface area contributed by atoms with Gasteiger partial charge in [0.2, 0.25) is 0 Å². The lowest BCUT2D eigenvalue weighted by atomic mass is 9.92. The Labute approximate surface area is 299 Å². The number of anilines is 1. The van der Waals surface area contributed by atoms with Gasteiger partial charge in [-0.05, 0) is 64.1 Å². The largest absolute Gasteiger partial charge is 0.456 e. The van der Waals surface area contributed by atoms with E-state index in [0.29, 0.717) is 0 Å². The van der Waals surface area contributed by atoms with Crippen LogP contribution in [0.5, 0.6) is 0 Å². The van der Waals surface area contributed by atoms with E-state index in [-0.39, 0.29) is 0 Å². The van der Waals surface area contributed by atoms with E-state index in [2.05, 4.69) is 162 Å². The van der Waals surface area contributed by atoms with Crippen LogP contribution >= 0.6 is 0 Å². The zero-order chi connectivity index (χ0) is 34.7. The molecule has 0 aliphatic carbocycles. The summed E-state index contributed by atoms with van der Waals surface area (Å²) >= 11 is 0. The number of para-hydroxylation sites is 2. The average molecular weight is 664 g/mol. The van der Waals surface area contributed by atoms with Gasteiger partial charge < -0.3 is 15.2 Å². The van der Waals surface area contributed by atoms with Crippen molar-refractivity contribution in [2.24, 2.45) is 5.84 Å². The first-order valence-corrected chi connectivity index (χ1v) is 17.4. The topological polar surface area (TPSA) is 63.2 Å². The SMILES string of the molecule is C(/Cc1cccc(-c2ccc3c(oc4ccccc43)c2Cc2ccccc2)c1)=C(/NCc1ccccc1)c1ccccc1.NNc1ccccc1. The monoisotopic (exact) mass is 663 g/mol. The summed E-state index contributed by atoms with van der Waals surface area (Å²) in [5.41, 5.74) is 15.1. The molecule has 0 fully saturated rings. The van der Waals surface area contributed by atoms with Crippen LogP contribution in [-0.2, 0) is 19.4 Å². The second-order valence-corrected chi connectivity index (χ2v) is 12.5. The zero-order valence-corrected chi connectivity index (χ0v) is 28.5. The maximum Gasteiger partial charge on any atom is 0.139 e. The lowest BCUT2D eigenvalue weighted by Gasteiger charge is -2.14. The molecule has 0 aliphatic heterocycles. The van der Waals surface area contributed by atoms with Crippen molar-refractivity contribution in [1.29, 1.82) is 0 Å². The highest BCUT2D eigenvalue weighted by Crippen LogP contribution is 2.37. The number of fused-ring (bicyclic) bond motifs is 3. The Morgan fingerprint density at radius 1 is 0.569 bits per heavy atom. The molecule has 250 valence electrons. The Balaban J connectivity index is 0.000000450. The van der Waals surface area contributed by atoms with Crippen molar-refractivity contribution in [1.82, 2.24) is 5.32 Å². The van der Waals surface area contributed by atoms with Crippen LogP contribution in [-0.4, -0.2) is 0 Å². The molecule has 0 amide bonds. The molecule has 0 radical (unpaired) electrons. The van der Waals surface area contributed by atoms with Crippen molar-refractivity contribution in [3.8, 4) is 11.1 Å². The third-order valence-corrected chi connectivity index (χ3v) is 9.00. The first kappa shape index (κ1) is 33.2. The van der Waals surface area contributed by atoms with Gasteiger partial charge in [-0.1, -0.05) is 164 Å². The molecule has 0 saturated heterocycles. The van der Waals surface area contributed by atoms with E-state index in [9.17, 15) is 0 Å². The van der Waals surface area contributed by atoms with Crippen molar-refractivity contribution in [3.05, 3.63) is 216 Å². The van der Waals surface area contributed by atoms with E-state index in [1.54, 1.807) is 0 Å². The number of furan rings is 1. The lowest BCUT2D eigenvalue weighted by Crippen LogP contribution is -2.12. The average Bonchev–Trinajstić information content (AvgIpc) is 3.59. The minimum atomic E-state index is 0.780. The number of hydrogen-bond acceptors (Lipinski definition) is 4. The van der Waals surface area contributed by atoms with Crippen molar-refractivity contribution >= 4 is 33.3 Å². The minimum Gasteiger partial charge on any atom is -0.456 e. The highest BCUT2D eigenvalue weighted by molar-refractivity contribution is 6.07. The maximum absolute atomic E-state index is 6.52. The summed E-state index contributed by atoms with van der Waals surface area (Å²) in [6.45, 7) is 0.780. The predicted molar refractivity (Wildman–Crippen MR) is 214 cm³/mol. The van der Waals surface area contributed by atoms with Crippen molar-refractivity contribution in [2.45, 2.75) is 19.4 Å². The number of hydrazine groups is 1. The number of nitrogen functional groups attached to an aromatic ring is 1. The quantitative estimate of drug-likeness (QED) is 0.101. The third-order valence-electron chi connectivity index (χ3n) is 9.00. The van der Waals surface area contributed by atoms with Gasteiger partial charge in [0.25, 0.3) is 0 Å². The van der Waals surface area contributed by atoms with E-state index in [1.165, 1.54) is 44.3 Å². The molecule has 1 heterocycles. The fraction of sp³-hybridized carbons (Fsp3) is 0.0638. The molecule has 0 saturated carbocycles. The molecule has 4 nitrogen and oxygen atoms in total. The molecular weight excluding hydrogens is 623 g/mol. The Kier molecular flexibility index (Phi) is 10.6. The van der Waals surface area contributed by atoms with Crippen molar-refractivity contribution in [3.63, 3.8) is 0 Å². The Bertz CT molecular complexity index is 2330. The maximum atomic E-state index is 6.52. The molecule has 0 spiro atoms. The summed E-state index contributed by atoms with van der Waals surface area (Å²) in [6, 6.07) is 63.2. The normalized spacial score (nSPS) is 11.2. The molecule has 4 N–H and O–H groups in total. The molecule has 0 unspecified atom stereocenters. The molecule has 0 aliphatic rings. The van der Waals surface area contributed by atoms with Crippen molar-refractivity contribution in [2.75, 3.05) is 5.43 Å². The van der Waals surface area contributed by atoms with E-state index in [1.807, 2.05) is 36.4 Å². The highest BCUT2D eigenvalue weighted by atomic mass is 16.3. The van der Waals surface area contributed by atoms with Gasteiger partial charge >= 0.3 is 0 Å². The molecule has 8 aromatic rings. The molecule has 7 aromatic carbocycles. The van der Waals surface area contributed by atoms with E-state index in [4.69, 9.17) is 10.3 Å². The number of nitrogens with one attached hydrogen (secondary N) is 2. The van der Waals surface area contributed by atoms with Crippen LogP contribution in [0.1, 0.15) is 27.8 Å². The minimum absolute atomic E-state index is 0.780. The zero-order valence-electron chi connectivity index (χ0n) is 28.5. The van der Waals surface area contributed by atoms with Gasteiger partial charge in [-0.15, -0.1) is 0 Å². The fourth-order valence-electron chi connectivity index (χ4n) is 6.41. The Morgan fingerprint density at radius 2 is 1.20 bits per heavy atom. The van der Waals surface area contributed by atoms with Gasteiger partial charge in [-0.25, -0.2) is 0 Å². The van der Waals surface area contributed by atoms with Crippen LogP contribution in [0, 0.1) is 0 Å². The number of rotatable bonds is 10. The predicted octanol–water partition coefficient (Wildman–Crippen LogP) is 11.2. The molecule has 8 rings (SSSR count). The van der Waals surface area contributed by atoms with E-state index in [0.717, 1.165) is 47.3 Å². The first-order chi connectivity index (χ1) is 25.2. The van der Waals surface area contributed by atoms with Gasteiger partial charge in [-0.2, -0.15) is 0 Å². The molecule has 0 atom stereocenters. The summed E-state index contributed by atoms with van der Waals surface area (Å²) < 4.78 is 6.52. The first-order valence-electron chi connectivity index (χ1n) is 17.4. The summed E-state index contributed by atoms with van der Waals surface area (Å²) in [5.74, 6) is 5.10. The summed E-state index contributed by atoms with van der Waals surface area (Å²) in [4.78, 5) is 0. The number of hydrogen-bond donors (Lipinski definition) is 3. The Morgan fingerprint density at radius 3 is 1.90 bits per heavy atom. The van der Waals surface area contributed by atoms with Crippen LogP contribution in [0.25, 0.3) is 38.8 Å². The summed E-state index contributed by atoms with van der Waals surface area (Å²) in [5, 5.41) is 6.02. The Hall–Kier alpha value is -6.36.